The van der Waals surface area contributed by atoms with Crippen molar-refractivity contribution in [2.24, 2.45) is 0 Å². The monoisotopic (exact) mass is 425 g/mol. The van der Waals surface area contributed by atoms with Gasteiger partial charge in [-0.05, 0) is 75.8 Å². The van der Waals surface area contributed by atoms with Gasteiger partial charge in [-0.15, -0.1) is 0 Å². The summed E-state index contributed by atoms with van der Waals surface area (Å²) in [6.07, 6.45) is 5.40. The Morgan fingerprint density at radius 1 is 0.938 bits per heavy atom. The summed E-state index contributed by atoms with van der Waals surface area (Å²) in [5, 5.41) is 0. The molecule has 0 saturated carbocycles. The van der Waals surface area contributed by atoms with Gasteiger partial charge in [-0.2, -0.15) is 0 Å². The molecule has 5 nitrogen and oxygen atoms in total. The number of para-hydroxylation sites is 3. The summed E-state index contributed by atoms with van der Waals surface area (Å²) in [7, 11) is 6.44. The molecule has 0 amide bonds. The number of imidazole rings is 1. The minimum absolute atomic E-state index is 0.324. The van der Waals surface area contributed by atoms with E-state index in [0.29, 0.717) is 6.04 Å². The maximum absolute atomic E-state index is 5.09. The zero-order chi connectivity index (χ0) is 22.1. The van der Waals surface area contributed by atoms with E-state index in [9.17, 15) is 0 Å². The molecule has 1 aliphatic carbocycles. The van der Waals surface area contributed by atoms with Gasteiger partial charge in [-0.3, -0.25) is 14.5 Å². The van der Waals surface area contributed by atoms with Crippen LogP contribution in [0.2, 0.25) is 0 Å². The Balaban J connectivity index is 1.57. The maximum Gasteiger partial charge on any atom is 0.128 e. The minimum Gasteiger partial charge on any atom is -0.305 e. The molecule has 1 unspecified atom stereocenters. The number of pyridine rings is 1. The molecule has 0 saturated heterocycles. The Labute approximate surface area is 190 Å². The average Bonchev–Trinajstić information content (AvgIpc) is 3.16. The second-order valence-electron chi connectivity index (χ2n) is 9.09. The normalized spacial score (nSPS) is 16.1. The molecule has 0 bridgehead atoms. The number of fused-ring (bicyclic) bond motifs is 2. The summed E-state index contributed by atoms with van der Waals surface area (Å²) >= 11 is 0. The van der Waals surface area contributed by atoms with Crippen LogP contribution in [-0.4, -0.2) is 45.5 Å². The van der Waals surface area contributed by atoms with Crippen LogP contribution in [0.4, 0.5) is 0 Å². The van der Waals surface area contributed by atoms with Crippen LogP contribution in [0.3, 0.4) is 0 Å². The highest BCUT2D eigenvalue weighted by Crippen LogP contribution is 2.33. The predicted molar refractivity (Wildman–Crippen MR) is 130 cm³/mol. The summed E-state index contributed by atoms with van der Waals surface area (Å²) < 4.78 is 2.35. The molecule has 0 spiro atoms. The van der Waals surface area contributed by atoms with Gasteiger partial charge >= 0.3 is 0 Å². The molecule has 5 rings (SSSR count). The van der Waals surface area contributed by atoms with E-state index in [-0.39, 0.29) is 0 Å². The Kier molecular flexibility index (Phi) is 5.77. The number of hydrogen-bond donors (Lipinski definition) is 0. The van der Waals surface area contributed by atoms with Crippen LogP contribution in [0.25, 0.3) is 16.7 Å². The van der Waals surface area contributed by atoms with Gasteiger partial charge in [0.2, 0.25) is 0 Å². The van der Waals surface area contributed by atoms with Crippen LogP contribution in [0.1, 0.15) is 41.5 Å². The lowest BCUT2D eigenvalue weighted by atomic mass is 9.91. The highest BCUT2D eigenvalue weighted by molar-refractivity contribution is 5.78. The van der Waals surface area contributed by atoms with Crippen LogP contribution in [0.5, 0.6) is 0 Å². The van der Waals surface area contributed by atoms with Gasteiger partial charge < -0.3 is 4.90 Å². The van der Waals surface area contributed by atoms with Crippen molar-refractivity contribution in [3.8, 4) is 5.69 Å². The largest absolute Gasteiger partial charge is 0.305 e. The fraction of sp³-hybridized carbons (Fsp3) is 0.333. The van der Waals surface area contributed by atoms with Crippen LogP contribution < -0.4 is 0 Å². The molecule has 2 heterocycles. The number of aromatic nitrogens is 3. The van der Waals surface area contributed by atoms with E-state index in [4.69, 9.17) is 9.97 Å². The molecule has 0 radical (unpaired) electrons. The summed E-state index contributed by atoms with van der Waals surface area (Å²) in [5.41, 5.74) is 7.33. The number of hydrogen-bond acceptors (Lipinski definition) is 4. The first-order chi connectivity index (χ1) is 15.6. The van der Waals surface area contributed by atoms with E-state index in [1.54, 1.807) is 0 Å². The van der Waals surface area contributed by atoms with Gasteiger partial charge in [0.15, 0.2) is 0 Å². The third kappa shape index (κ3) is 3.94. The van der Waals surface area contributed by atoms with E-state index in [0.717, 1.165) is 42.8 Å². The molecular formula is C27H31N5. The smallest absolute Gasteiger partial charge is 0.128 e. The third-order valence-corrected chi connectivity index (χ3v) is 6.44. The lowest BCUT2D eigenvalue weighted by Crippen LogP contribution is -2.29. The van der Waals surface area contributed by atoms with E-state index in [1.165, 1.54) is 28.9 Å². The lowest BCUT2D eigenvalue weighted by Gasteiger charge is -2.32. The molecule has 2 aromatic heterocycles. The number of benzene rings is 2. The van der Waals surface area contributed by atoms with Gasteiger partial charge in [0.25, 0.3) is 0 Å². The van der Waals surface area contributed by atoms with Gasteiger partial charge in [0, 0.05) is 12.7 Å². The highest BCUT2D eigenvalue weighted by atomic mass is 15.2. The summed E-state index contributed by atoms with van der Waals surface area (Å²) in [5.74, 6) is 1.07. The zero-order valence-corrected chi connectivity index (χ0v) is 19.2. The standard InChI is InChI=1S/C27H31N5/c1-30(2)18-21-10-4-6-14-23(21)32-24-15-7-5-13-22(24)29-26(32)19-31(3)25-16-8-11-20-12-9-17-28-27(20)25/h4-7,9-10,12-15,17,25H,8,11,16,18-19H2,1-3H3. The van der Waals surface area contributed by atoms with Gasteiger partial charge in [0.05, 0.1) is 35.0 Å². The van der Waals surface area contributed by atoms with Crippen molar-refractivity contribution in [3.63, 3.8) is 0 Å². The van der Waals surface area contributed by atoms with E-state index < -0.39 is 0 Å². The van der Waals surface area contributed by atoms with E-state index in [2.05, 4.69) is 96.2 Å². The zero-order valence-electron chi connectivity index (χ0n) is 19.2. The molecule has 32 heavy (non-hydrogen) atoms. The molecule has 164 valence electrons. The first-order valence-corrected chi connectivity index (χ1v) is 11.4. The molecule has 0 N–H and O–H groups in total. The third-order valence-electron chi connectivity index (χ3n) is 6.44. The van der Waals surface area contributed by atoms with Crippen molar-refractivity contribution in [1.82, 2.24) is 24.3 Å². The molecule has 0 fully saturated rings. The van der Waals surface area contributed by atoms with Crippen molar-refractivity contribution in [2.75, 3.05) is 21.1 Å². The van der Waals surface area contributed by atoms with Gasteiger partial charge in [-0.1, -0.05) is 36.4 Å². The number of nitrogens with zero attached hydrogens (tertiary/aromatic N) is 5. The summed E-state index contributed by atoms with van der Waals surface area (Å²) in [4.78, 5) is 14.5. The van der Waals surface area contributed by atoms with Crippen LogP contribution in [0.15, 0.2) is 66.9 Å². The van der Waals surface area contributed by atoms with E-state index in [1.807, 2.05) is 6.20 Å². The summed E-state index contributed by atoms with van der Waals surface area (Å²) in [6, 6.07) is 21.8. The molecular weight excluding hydrogens is 394 g/mol. The second kappa shape index (κ2) is 8.85. The highest BCUT2D eigenvalue weighted by Gasteiger charge is 2.26. The Bertz CT molecular complexity index is 1230. The van der Waals surface area contributed by atoms with Crippen molar-refractivity contribution >= 4 is 11.0 Å². The summed E-state index contributed by atoms with van der Waals surface area (Å²) in [6.45, 7) is 1.66. The Hall–Kier alpha value is -3.02. The maximum atomic E-state index is 5.09. The SMILES string of the molecule is CN(C)Cc1ccccc1-n1c(CN(C)C2CCCc3cccnc32)nc2ccccc21. The lowest BCUT2D eigenvalue weighted by molar-refractivity contribution is 0.203. The molecule has 2 aromatic carbocycles. The minimum atomic E-state index is 0.324. The van der Waals surface area contributed by atoms with Gasteiger partial charge in [-0.25, -0.2) is 4.98 Å². The van der Waals surface area contributed by atoms with Gasteiger partial charge in [0.1, 0.15) is 5.82 Å². The predicted octanol–water partition coefficient (Wildman–Crippen LogP) is 4.99. The van der Waals surface area contributed by atoms with Crippen molar-refractivity contribution in [2.45, 2.75) is 38.4 Å². The molecule has 5 heteroatoms. The molecule has 0 aliphatic heterocycles. The van der Waals surface area contributed by atoms with Crippen molar-refractivity contribution in [3.05, 3.63) is 89.5 Å². The first-order valence-electron chi connectivity index (χ1n) is 11.4. The molecule has 1 aliphatic rings. The quantitative estimate of drug-likeness (QED) is 0.436. The molecule has 4 aromatic rings. The fourth-order valence-corrected chi connectivity index (χ4v) is 5.00. The van der Waals surface area contributed by atoms with Crippen molar-refractivity contribution < 1.29 is 0 Å². The Morgan fingerprint density at radius 2 is 1.75 bits per heavy atom. The van der Waals surface area contributed by atoms with Crippen LogP contribution >= 0.6 is 0 Å². The Morgan fingerprint density at radius 3 is 2.62 bits per heavy atom. The molecule has 1 atom stereocenters. The fourth-order valence-electron chi connectivity index (χ4n) is 5.00. The van der Waals surface area contributed by atoms with Crippen molar-refractivity contribution in [1.29, 1.82) is 0 Å². The van der Waals surface area contributed by atoms with E-state index >= 15 is 0 Å². The topological polar surface area (TPSA) is 37.2 Å². The average molecular weight is 426 g/mol. The van der Waals surface area contributed by atoms with Crippen LogP contribution in [-0.2, 0) is 19.5 Å². The number of aryl methyl sites for hydroxylation is 1. The van der Waals surface area contributed by atoms with Crippen LogP contribution in [0, 0.1) is 0 Å². The first kappa shape index (κ1) is 20.9. The number of rotatable bonds is 6. The second-order valence-corrected chi connectivity index (χ2v) is 9.09.